The second-order valence-corrected chi connectivity index (χ2v) is 4.73. The summed E-state index contributed by atoms with van der Waals surface area (Å²) < 4.78 is 19.1. The van der Waals surface area contributed by atoms with E-state index in [0.29, 0.717) is 18.9 Å². The maximum atomic E-state index is 13.6. The SMILES string of the molecule is CCCNCc1cccc(F)c1OCCSC. The Labute approximate surface area is 107 Å². The van der Waals surface area contributed by atoms with Crippen molar-refractivity contribution in [2.45, 2.75) is 19.9 Å². The van der Waals surface area contributed by atoms with Gasteiger partial charge in [-0.15, -0.1) is 0 Å². The first kappa shape index (κ1) is 14.3. The van der Waals surface area contributed by atoms with Crippen LogP contribution in [0.4, 0.5) is 4.39 Å². The molecular formula is C13H20FNOS. The molecule has 0 bridgehead atoms. The molecule has 0 aliphatic heterocycles. The molecule has 1 aromatic rings. The number of hydrogen-bond donors (Lipinski definition) is 1. The zero-order chi connectivity index (χ0) is 12.5. The molecule has 0 amide bonds. The number of benzene rings is 1. The molecule has 1 rings (SSSR count). The summed E-state index contributed by atoms with van der Waals surface area (Å²) in [5, 5.41) is 3.26. The Morgan fingerprint density at radius 1 is 1.41 bits per heavy atom. The van der Waals surface area contributed by atoms with Gasteiger partial charge < -0.3 is 10.1 Å². The van der Waals surface area contributed by atoms with E-state index in [9.17, 15) is 4.39 Å². The number of hydrogen-bond acceptors (Lipinski definition) is 3. The molecule has 1 N–H and O–H groups in total. The molecule has 0 saturated carbocycles. The fourth-order valence-electron chi connectivity index (χ4n) is 1.48. The molecule has 0 radical (unpaired) electrons. The number of ether oxygens (including phenoxy) is 1. The second kappa shape index (κ2) is 8.37. The van der Waals surface area contributed by atoms with E-state index in [4.69, 9.17) is 4.74 Å². The maximum Gasteiger partial charge on any atom is 0.165 e. The minimum Gasteiger partial charge on any atom is -0.489 e. The van der Waals surface area contributed by atoms with Crippen LogP contribution in [0, 0.1) is 5.82 Å². The van der Waals surface area contributed by atoms with Gasteiger partial charge in [-0.25, -0.2) is 4.39 Å². The van der Waals surface area contributed by atoms with Gasteiger partial charge in [0.25, 0.3) is 0 Å². The van der Waals surface area contributed by atoms with Gasteiger partial charge in [0.2, 0.25) is 0 Å². The highest BCUT2D eigenvalue weighted by Gasteiger charge is 2.09. The van der Waals surface area contributed by atoms with Crippen LogP contribution in [0.5, 0.6) is 5.75 Å². The van der Waals surface area contributed by atoms with Crippen LogP contribution < -0.4 is 10.1 Å². The minimum absolute atomic E-state index is 0.276. The number of halogens is 1. The van der Waals surface area contributed by atoms with Crippen molar-refractivity contribution in [2.24, 2.45) is 0 Å². The molecule has 96 valence electrons. The largest absolute Gasteiger partial charge is 0.489 e. The molecule has 0 heterocycles. The molecule has 0 aliphatic carbocycles. The van der Waals surface area contributed by atoms with Gasteiger partial charge in [-0.2, -0.15) is 11.8 Å². The summed E-state index contributed by atoms with van der Waals surface area (Å²) >= 11 is 1.69. The lowest BCUT2D eigenvalue weighted by atomic mass is 10.2. The van der Waals surface area contributed by atoms with Crippen molar-refractivity contribution >= 4 is 11.8 Å². The van der Waals surface area contributed by atoms with Crippen LogP contribution in [0.1, 0.15) is 18.9 Å². The average Bonchev–Trinajstić information content (AvgIpc) is 2.33. The summed E-state index contributed by atoms with van der Waals surface area (Å²) in [6.07, 6.45) is 3.08. The highest BCUT2D eigenvalue weighted by Crippen LogP contribution is 2.22. The molecule has 0 aromatic heterocycles. The van der Waals surface area contributed by atoms with Crippen molar-refractivity contribution in [3.63, 3.8) is 0 Å². The zero-order valence-electron chi connectivity index (χ0n) is 10.5. The maximum absolute atomic E-state index is 13.6. The highest BCUT2D eigenvalue weighted by atomic mass is 32.2. The van der Waals surface area contributed by atoms with E-state index in [2.05, 4.69) is 12.2 Å². The van der Waals surface area contributed by atoms with Crippen molar-refractivity contribution in [3.05, 3.63) is 29.6 Å². The van der Waals surface area contributed by atoms with Gasteiger partial charge in [0, 0.05) is 17.9 Å². The monoisotopic (exact) mass is 257 g/mol. The number of rotatable bonds is 8. The smallest absolute Gasteiger partial charge is 0.165 e. The Morgan fingerprint density at radius 3 is 2.94 bits per heavy atom. The molecule has 2 nitrogen and oxygen atoms in total. The first-order valence-corrected chi connectivity index (χ1v) is 7.28. The number of para-hydroxylation sites is 1. The van der Waals surface area contributed by atoms with E-state index in [1.54, 1.807) is 17.8 Å². The first-order valence-electron chi connectivity index (χ1n) is 5.89. The van der Waals surface area contributed by atoms with E-state index in [-0.39, 0.29) is 5.82 Å². The number of thioether (sulfide) groups is 1. The van der Waals surface area contributed by atoms with E-state index in [0.717, 1.165) is 24.3 Å². The van der Waals surface area contributed by atoms with E-state index >= 15 is 0 Å². The Balaban J connectivity index is 2.63. The van der Waals surface area contributed by atoms with Crippen LogP contribution in [0.25, 0.3) is 0 Å². The Bertz CT molecular complexity index is 333. The molecule has 0 fully saturated rings. The molecule has 0 aliphatic rings. The van der Waals surface area contributed by atoms with Crippen LogP contribution in [0.2, 0.25) is 0 Å². The number of nitrogens with one attached hydrogen (secondary N) is 1. The van der Waals surface area contributed by atoms with Crippen molar-refractivity contribution in [2.75, 3.05) is 25.2 Å². The standard InChI is InChI=1S/C13H20FNOS/c1-3-7-15-10-11-5-4-6-12(14)13(11)16-8-9-17-2/h4-6,15H,3,7-10H2,1-2H3. The highest BCUT2D eigenvalue weighted by molar-refractivity contribution is 7.98. The lowest BCUT2D eigenvalue weighted by molar-refractivity contribution is 0.320. The Kier molecular flexibility index (Phi) is 7.05. The summed E-state index contributed by atoms with van der Waals surface area (Å²) in [6, 6.07) is 5.07. The molecule has 17 heavy (non-hydrogen) atoms. The fraction of sp³-hybridized carbons (Fsp3) is 0.538. The molecule has 1 aromatic carbocycles. The summed E-state index contributed by atoms with van der Waals surface area (Å²) in [6.45, 7) is 4.23. The molecule has 0 spiro atoms. The van der Waals surface area contributed by atoms with Crippen LogP contribution in [-0.4, -0.2) is 25.2 Å². The second-order valence-electron chi connectivity index (χ2n) is 3.75. The van der Waals surface area contributed by atoms with E-state index in [1.807, 2.05) is 12.3 Å². The summed E-state index contributed by atoms with van der Waals surface area (Å²) in [4.78, 5) is 0. The zero-order valence-corrected chi connectivity index (χ0v) is 11.3. The first-order chi connectivity index (χ1) is 8.29. The van der Waals surface area contributed by atoms with Crippen molar-refractivity contribution in [1.82, 2.24) is 5.32 Å². The van der Waals surface area contributed by atoms with Crippen LogP contribution >= 0.6 is 11.8 Å². The van der Waals surface area contributed by atoms with E-state index < -0.39 is 0 Å². The lowest BCUT2D eigenvalue weighted by Gasteiger charge is -2.12. The predicted octanol–water partition coefficient (Wildman–Crippen LogP) is 3.07. The average molecular weight is 257 g/mol. The quantitative estimate of drug-likeness (QED) is 0.723. The van der Waals surface area contributed by atoms with Gasteiger partial charge in [0.05, 0.1) is 6.61 Å². The van der Waals surface area contributed by atoms with Crippen molar-refractivity contribution in [3.8, 4) is 5.75 Å². The van der Waals surface area contributed by atoms with E-state index in [1.165, 1.54) is 6.07 Å². The van der Waals surface area contributed by atoms with Gasteiger partial charge >= 0.3 is 0 Å². The normalized spacial score (nSPS) is 10.5. The Hall–Kier alpha value is -0.740. The third-order valence-electron chi connectivity index (χ3n) is 2.32. The van der Waals surface area contributed by atoms with Crippen molar-refractivity contribution in [1.29, 1.82) is 0 Å². The molecule has 0 saturated heterocycles. The van der Waals surface area contributed by atoms with Gasteiger partial charge in [-0.05, 0) is 25.3 Å². The molecule has 4 heteroatoms. The van der Waals surface area contributed by atoms with Gasteiger partial charge in [-0.1, -0.05) is 19.1 Å². The summed E-state index contributed by atoms with van der Waals surface area (Å²) in [5.74, 6) is 0.989. The minimum atomic E-state index is -0.276. The third kappa shape index (κ3) is 4.96. The third-order valence-corrected chi connectivity index (χ3v) is 2.90. The lowest BCUT2D eigenvalue weighted by Crippen LogP contribution is -2.15. The summed E-state index contributed by atoms with van der Waals surface area (Å²) in [7, 11) is 0. The van der Waals surface area contributed by atoms with Gasteiger partial charge in [0.15, 0.2) is 11.6 Å². The topological polar surface area (TPSA) is 21.3 Å². The van der Waals surface area contributed by atoms with Gasteiger partial charge in [0.1, 0.15) is 0 Å². The summed E-state index contributed by atoms with van der Waals surface area (Å²) in [5.41, 5.74) is 0.888. The molecular weight excluding hydrogens is 237 g/mol. The van der Waals surface area contributed by atoms with Crippen molar-refractivity contribution < 1.29 is 9.13 Å². The van der Waals surface area contributed by atoms with Crippen LogP contribution in [0.3, 0.4) is 0 Å². The fourth-order valence-corrected chi connectivity index (χ4v) is 1.73. The van der Waals surface area contributed by atoms with Gasteiger partial charge in [-0.3, -0.25) is 0 Å². The molecule has 0 unspecified atom stereocenters. The van der Waals surface area contributed by atoms with Crippen LogP contribution in [0.15, 0.2) is 18.2 Å². The van der Waals surface area contributed by atoms with Crippen LogP contribution in [-0.2, 0) is 6.54 Å². The molecule has 0 atom stereocenters. The predicted molar refractivity (Wildman–Crippen MR) is 72.3 cm³/mol. The Morgan fingerprint density at radius 2 is 2.24 bits per heavy atom.